The lowest BCUT2D eigenvalue weighted by Gasteiger charge is -2.13. The quantitative estimate of drug-likeness (QED) is 0.178. The topological polar surface area (TPSA) is 86.2 Å². The zero-order valence-corrected chi connectivity index (χ0v) is 19.9. The van der Waals surface area contributed by atoms with Crippen LogP contribution < -0.4 is 15.4 Å². The van der Waals surface area contributed by atoms with Crippen molar-refractivity contribution in [3.8, 4) is 5.88 Å². The molecule has 2 heterocycles. The standard InChI is InChI=1S/C20H34N4O4.HI/c1-3-21-20(23-10-6-11-26-16-18-8-5-12-27-18)24-15-17-7-4-9-22-19(17)28-14-13-25-2;/h4,7,9,18H,3,5-6,8,10-16H2,1-2H3,(H2,21,23,24);1H. The first kappa shape index (κ1) is 25.9. The molecule has 2 N–H and O–H groups in total. The average Bonchev–Trinajstić information content (AvgIpc) is 3.23. The molecule has 9 heteroatoms. The van der Waals surface area contributed by atoms with Gasteiger partial charge in [-0.2, -0.15) is 0 Å². The number of ether oxygens (including phenoxy) is 4. The average molecular weight is 522 g/mol. The number of hydrogen-bond donors (Lipinski definition) is 2. The Kier molecular flexibility index (Phi) is 14.8. The van der Waals surface area contributed by atoms with Gasteiger partial charge in [-0.3, -0.25) is 0 Å². The molecule has 8 nitrogen and oxygen atoms in total. The van der Waals surface area contributed by atoms with Gasteiger partial charge >= 0.3 is 0 Å². The molecule has 1 aromatic rings. The zero-order valence-electron chi connectivity index (χ0n) is 17.5. The number of aliphatic imine (C=N–C) groups is 1. The van der Waals surface area contributed by atoms with E-state index in [1.807, 2.05) is 19.1 Å². The van der Waals surface area contributed by atoms with Gasteiger partial charge in [-0.25, -0.2) is 9.98 Å². The van der Waals surface area contributed by atoms with Crippen molar-refractivity contribution in [2.24, 2.45) is 4.99 Å². The number of aromatic nitrogens is 1. The number of methoxy groups -OCH3 is 1. The maximum absolute atomic E-state index is 5.69. The fourth-order valence-electron chi connectivity index (χ4n) is 2.77. The van der Waals surface area contributed by atoms with Crippen LogP contribution in [0.3, 0.4) is 0 Å². The Bertz CT molecular complexity index is 571. The Labute approximate surface area is 191 Å². The summed E-state index contributed by atoms with van der Waals surface area (Å²) < 4.78 is 21.9. The number of hydrogen-bond acceptors (Lipinski definition) is 6. The molecule has 1 saturated heterocycles. The van der Waals surface area contributed by atoms with Crippen molar-refractivity contribution in [2.75, 3.05) is 53.2 Å². The number of halogens is 1. The minimum absolute atomic E-state index is 0. The summed E-state index contributed by atoms with van der Waals surface area (Å²) in [4.78, 5) is 8.92. The van der Waals surface area contributed by atoms with Crippen molar-refractivity contribution in [2.45, 2.75) is 38.8 Å². The molecular formula is C20H35IN4O4. The maximum atomic E-state index is 5.69. The van der Waals surface area contributed by atoms with Gasteiger partial charge in [0.15, 0.2) is 5.96 Å². The zero-order chi connectivity index (χ0) is 19.9. The normalized spacial score (nSPS) is 16.3. The molecule has 0 spiro atoms. The number of nitrogens with one attached hydrogen (secondary N) is 2. The van der Waals surface area contributed by atoms with Gasteiger partial charge < -0.3 is 29.6 Å². The van der Waals surface area contributed by atoms with Gasteiger partial charge in [0.1, 0.15) is 6.61 Å². The van der Waals surface area contributed by atoms with Gasteiger partial charge in [-0.15, -0.1) is 24.0 Å². The lowest BCUT2D eigenvalue weighted by atomic mass is 10.2. The fraction of sp³-hybridized carbons (Fsp3) is 0.700. The molecule has 1 aliphatic heterocycles. The van der Waals surface area contributed by atoms with Crippen LogP contribution in [0, 0.1) is 0 Å². The molecule has 0 amide bonds. The highest BCUT2D eigenvalue weighted by Gasteiger charge is 2.14. The largest absolute Gasteiger partial charge is 0.475 e. The summed E-state index contributed by atoms with van der Waals surface area (Å²) in [5, 5.41) is 6.59. The summed E-state index contributed by atoms with van der Waals surface area (Å²) in [6.07, 6.45) is 5.17. The van der Waals surface area contributed by atoms with Crippen molar-refractivity contribution in [3.05, 3.63) is 23.9 Å². The number of nitrogens with zero attached hydrogens (tertiary/aromatic N) is 2. The molecule has 166 valence electrons. The third kappa shape index (κ3) is 11.0. The van der Waals surface area contributed by atoms with E-state index >= 15 is 0 Å². The summed E-state index contributed by atoms with van der Waals surface area (Å²) in [5.74, 6) is 1.37. The highest BCUT2D eigenvalue weighted by Crippen LogP contribution is 2.15. The lowest BCUT2D eigenvalue weighted by molar-refractivity contribution is 0.0168. The van der Waals surface area contributed by atoms with Gasteiger partial charge in [0.05, 0.1) is 25.9 Å². The predicted octanol–water partition coefficient (Wildman–Crippen LogP) is 2.37. The van der Waals surface area contributed by atoms with Crippen LogP contribution >= 0.6 is 24.0 Å². The van der Waals surface area contributed by atoms with Gasteiger partial charge in [0.2, 0.25) is 5.88 Å². The smallest absolute Gasteiger partial charge is 0.218 e. The van der Waals surface area contributed by atoms with E-state index in [9.17, 15) is 0 Å². The van der Waals surface area contributed by atoms with E-state index < -0.39 is 0 Å². The van der Waals surface area contributed by atoms with Crippen molar-refractivity contribution >= 4 is 29.9 Å². The van der Waals surface area contributed by atoms with Gasteiger partial charge in [-0.1, -0.05) is 6.07 Å². The summed E-state index contributed by atoms with van der Waals surface area (Å²) in [5.41, 5.74) is 0.940. The number of rotatable bonds is 13. The van der Waals surface area contributed by atoms with E-state index in [0.717, 1.165) is 50.5 Å². The molecule has 29 heavy (non-hydrogen) atoms. The number of guanidine groups is 1. The lowest BCUT2D eigenvalue weighted by Crippen LogP contribution is -2.38. The van der Waals surface area contributed by atoms with Crippen LogP contribution in [0.2, 0.25) is 0 Å². The molecular weight excluding hydrogens is 487 g/mol. The van der Waals surface area contributed by atoms with Crippen molar-refractivity contribution in [1.82, 2.24) is 15.6 Å². The van der Waals surface area contributed by atoms with Crippen LogP contribution in [0.4, 0.5) is 0 Å². The van der Waals surface area contributed by atoms with E-state index in [4.69, 9.17) is 18.9 Å². The maximum Gasteiger partial charge on any atom is 0.218 e. The van der Waals surface area contributed by atoms with Crippen LogP contribution in [0.5, 0.6) is 5.88 Å². The molecule has 1 fully saturated rings. The van der Waals surface area contributed by atoms with Crippen LogP contribution in [0.25, 0.3) is 0 Å². The fourth-order valence-corrected chi connectivity index (χ4v) is 2.77. The van der Waals surface area contributed by atoms with E-state index in [1.54, 1.807) is 13.3 Å². The monoisotopic (exact) mass is 522 g/mol. The molecule has 2 rings (SSSR count). The molecule has 1 unspecified atom stereocenters. The summed E-state index contributed by atoms with van der Waals surface area (Å²) in [6, 6.07) is 3.86. The molecule has 0 bridgehead atoms. The predicted molar refractivity (Wildman–Crippen MR) is 124 cm³/mol. The molecule has 1 aliphatic rings. The Balaban J connectivity index is 0.00000420. The number of pyridine rings is 1. The molecule has 1 atom stereocenters. The van der Waals surface area contributed by atoms with E-state index in [0.29, 0.717) is 38.9 Å². The molecule has 0 aliphatic carbocycles. The van der Waals surface area contributed by atoms with E-state index in [-0.39, 0.29) is 30.1 Å². The van der Waals surface area contributed by atoms with Crippen LogP contribution in [0.1, 0.15) is 31.7 Å². The van der Waals surface area contributed by atoms with Crippen molar-refractivity contribution < 1.29 is 18.9 Å². The summed E-state index contributed by atoms with van der Waals surface area (Å²) >= 11 is 0. The SMILES string of the molecule is CCNC(=NCc1cccnc1OCCOC)NCCCOCC1CCCO1.I. The third-order valence-corrected chi connectivity index (χ3v) is 4.21. The Morgan fingerprint density at radius 3 is 2.97 bits per heavy atom. The molecule has 0 aromatic carbocycles. The molecule has 0 saturated carbocycles. The van der Waals surface area contributed by atoms with Crippen LogP contribution in [-0.4, -0.2) is 70.3 Å². The van der Waals surface area contributed by atoms with Crippen LogP contribution in [0.15, 0.2) is 23.3 Å². The van der Waals surface area contributed by atoms with Gasteiger partial charge in [0, 0.05) is 45.2 Å². The van der Waals surface area contributed by atoms with E-state index in [1.165, 1.54) is 0 Å². The molecule has 1 aromatic heterocycles. The summed E-state index contributed by atoms with van der Waals surface area (Å²) in [6.45, 7) is 7.40. The van der Waals surface area contributed by atoms with Gasteiger partial charge in [0.25, 0.3) is 0 Å². The Morgan fingerprint density at radius 1 is 1.31 bits per heavy atom. The first-order valence-corrected chi connectivity index (χ1v) is 10.1. The highest BCUT2D eigenvalue weighted by atomic mass is 127. The summed E-state index contributed by atoms with van der Waals surface area (Å²) in [7, 11) is 1.65. The second-order valence-electron chi connectivity index (χ2n) is 6.49. The first-order chi connectivity index (χ1) is 13.8. The first-order valence-electron chi connectivity index (χ1n) is 10.1. The Hall–Kier alpha value is -1.17. The minimum Gasteiger partial charge on any atom is -0.475 e. The van der Waals surface area contributed by atoms with Crippen molar-refractivity contribution in [1.29, 1.82) is 0 Å². The minimum atomic E-state index is 0. The van der Waals surface area contributed by atoms with Crippen LogP contribution in [-0.2, 0) is 20.8 Å². The second kappa shape index (κ2) is 16.6. The Morgan fingerprint density at radius 2 is 2.21 bits per heavy atom. The third-order valence-electron chi connectivity index (χ3n) is 4.21. The van der Waals surface area contributed by atoms with E-state index in [2.05, 4.69) is 20.6 Å². The molecule has 0 radical (unpaired) electrons. The second-order valence-corrected chi connectivity index (χ2v) is 6.49. The van der Waals surface area contributed by atoms with Crippen molar-refractivity contribution in [3.63, 3.8) is 0 Å². The highest BCUT2D eigenvalue weighted by molar-refractivity contribution is 14.0. The van der Waals surface area contributed by atoms with Gasteiger partial charge in [-0.05, 0) is 32.3 Å².